The summed E-state index contributed by atoms with van der Waals surface area (Å²) in [6.45, 7) is 12.1. The highest BCUT2D eigenvalue weighted by Crippen LogP contribution is 2.11. The zero-order valence-corrected chi connectivity index (χ0v) is 13.3. The second kappa shape index (κ2) is 7.81. The molecule has 1 saturated heterocycles. The quantitative estimate of drug-likeness (QED) is 0.718. The molecule has 0 spiro atoms. The first-order chi connectivity index (χ1) is 9.31. The molecule has 0 radical (unpaired) electrons. The van der Waals surface area contributed by atoms with Gasteiger partial charge in [0.25, 0.3) is 0 Å². The standard InChI is InChI=1S/C14H28N2O4/c1-12(18-5)19-11-10-15-6-8-16(9-7-15)13(17)20-14(2,3)4/h12H,6-11H2,1-5H3. The summed E-state index contributed by atoms with van der Waals surface area (Å²) in [6.07, 6.45) is -0.389. The lowest BCUT2D eigenvalue weighted by atomic mass is 10.2. The number of piperazine rings is 1. The van der Waals surface area contributed by atoms with Gasteiger partial charge in [0.2, 0.25) is 0 Å². The first-order valence-corrected chi connectivity index (χ1v) is 7.16. The molecular weight excluding hydrogens is 260 g/mol. The molecule has 1 atom stereocenters. The highest BCUT2D eigenvalue weighted by molar-refractivity contribution is 5.68. The molecule has 1 aliphatic rings. The molecule has 0 N–H and O–H groups in total. The molecule has 0 bridgehead atoms. The van der Waals surface area contributed by atoms with Crippen LogP contribution < -0.4 is 0 Å². The zero-order chi connectivity index (χ0) is 15.2. The van der Waals surface area contributed by atoms with Crippen molar-refractivity contribution in [3.05, 3.63) is 0 Å². The van der Waals surface area contributed by atoms with E-state index in [1.54, 1.807) is 12.0 Å². The molecule has 20 heavy (non-hydrogen) atoms. The van der Waals surface area contributed by atoms with Crippen LogP contribution in [0.3, 0.4) is 0 Å². The fourth-order valence-electron chi connectivity index (χ4n) is 1.90. The summed E-state index contributed by atoms with van der Waals surface area (Å²) in [7, 11) is 1.63. The second-order valence-corrected chi connectivity index (χ2v) is 5.98. The largest absolute Gasteiger partial charge is 0.444 e. The highest BCUT2D eigenvalue weighted by Gasteiger charge is 2.25. The average Bonchev–Trinajstić information content (AvgIpc) is 2.37. The maximum absolute atomic E-state index is 11.9. The van der Waals surface area contributed by atoms with Crippen LogP contribution >= 0.6 is 0 Å². The number of methoxy groups -OCH3 is 1. The Bertz CT molecular complexity index is 296. The van der Waals surface area contributed by atoms with Crippen LogP contribution in [0, 0.1) is 0 Å². The van der Waals surface area contributed by atoms with E-state index in [1.807, 2.05) is 27.7 Å². The van der Waals surface area contributed by atoms with Gasteiger partial charge in [0.1, 0.15) is 5.60 Å². The van der Waals surface area contributed by atoms with Crippen LogP contribution in [0.15, 0.2) is 0 Å². The number of carbonyl (C=O) groups excluding carboxylic acids is 1. The van der Waals surface area contributed by atoms with E-state index in [1.165, 1.54) is 0 Å². The predicted molar refractivity (Wildman–Crippen MR) is 76.7 cm³/mol. The van der Waals surface area contributed by atoms with Crippen molar-refractivity contribution in [2.75, 3.05) is 46.4 Å². The number of hydrogen-bond donors (Lipinski definition) is 0. The molecule has 118 valence electrons. The van der Waals surface area contributed by atoms with Gasteiger partial charge in [0.15, 0.2) is 6.29 Å². The van der Waals surface area contributed by atoms with Gasteiger partial charge in [-0.15, -0.1) is 0 Å². The van der Waals surface area contributed by atoms with E-state index in [-0.39, 0.29) is 12.4 Å². The van der Waals surface area contributed by atoms with Crippen molar-refractivity contribution in [2.24, 2.45) is 0 Å². The summed E-state index contributed by atoms with van der Waals surface area (Å²) >= 11 is 0. The first-order valence-electron chi connectivity index (χ1n) is 7.16. The van der Waals surface area contributed by atoms with Gasteiger partial charge in [-0.2, -0.15) is 0 Å². The van der Waals surface area contributed by atoms with Crippen molar-refractivity contribution in [1.29, 1.82) is 0 Å². The summed E-state index contributed by atoms with van der Waals surface area (Å²) in [5, 5.41) is 0. The van der Waals surface area contributed by atoms with Crippen molar-refractivity contribution in [1.82, 2.24) is 9.80 Å². The molecule has 1 fully saturated rings. The number of amides is 1. The Kier molecular flexibility index (Phi) is 6.71. The Morgan fingerprint density at radius 2 is 1.80 bits per heavy atom. The van der Waals surface area contributed by atoms with Gasteiger partial charge in [-0.3, -0.25) is 4.90 Å². The van der Waals surface area contributed by atoms with Crippen molar-refractivity contribution >= 4 is 6.09 Å². The molecule has 6 nitrogen and oxygen atoms in total. The minimum atomic E-state index is -0.432. The van der Waals surface area contributed by atoms with Gasteiger partial charge in [-0.05, 0) is 27.7 Å². The third-order valence-corrected chi connectivity index (χ3v) is 3.12. The number of ether oxygens (including phenoxy) is 3. The maximum atomic E-state index is 11.9. The van der Waals surface area contributed by atoms with Gasteiger partial charge < -0.3 is 19.1 Å². The Morgan fingerprint density at radius 3 is 2.30 bits per heavy atom. The van der Waals surface area contributed by atoms with Gasteiger partial charge in [0, 0.05) is 39.8 Å². The molecule has 1 heterocycles. The van der Waals surface area contributed by atoms with Gasteiger partial charge in [-0.25, -0.2) is 4.79 Å². The summed E-state index contributed by atoms with van der Waals surface area (Å²) in [4.78, 5) is 16.0. The van der Waals surface area contributed by atoms with Crippen LogP contribution in [0.4, 0.5) is 4.79 Å². The summed E-state index contributed by atoms with van der Waals surface area (Å²) in [5.74, 6) is 0. The van der Waals surface area contributed by atoms with E-state index < -0.39 is 5.60 Å². The van der Waals surface area contributed by atoms with Crippen molar-refractivity contribution in [3.8, 4) is 0 Å². The molecule has 1 aliphatic heterocycles. The number of carbonyl (C=O) groups is 1. The van der Waals surface area contributed by atoms with Crippen LogP contribution in [0.5, 0.6) is 0 Å². The molecule has 6 heteroatoms. The Morgan fingerprint density at radius 1 is 1.20 bits per heavy atom. The number of nitrogens with zero attached hydrogens (tertiary/aromatic N) is 2. The molecule has 1 unspecified atom stereocenters. The summed E-state index contributed by atoms with van der Waals surface area (Å²) in [6, 6.07) is 0. The third kappa shape index (κ3) is 6.54. The van der Waals surface area contributed by atoms with Gasteiger partial charge >= 0.3 is 6.09 Å². The minimum Gasteiger partial charge on any atom is -0.444 e. The van der Waals surface area contributed by atoms with E-state index in [2.05, 4.69) is 4.90 Å². The lowest BCUT2D eigenvalue weighted by molar-refractivity contribution is -0.114. The van der Waals surface area contributed by atoms with E-state index in [9.17, 15) is 4.79 Å². The van der Waals surface area contributed by atoms with Crippen LogP contribution in [0.2, 0.25) is 0 Å². The van der Waals surface area contributed by atoms with Crippen molar-refractivity contribution < 1.29 is 19.0 Å². The van der Waals surface area contributed by atoms with Crippen molar-refractivity contribution in [3.63, 3.8) is 0 Å². The highest BCUT2D eigenvalue weighted by atomic mass is 16.7. The first kappa shape index (κ1) is 17.2. The predicted octanol–water partition coefficient (Wildman–Crippen LogP) is 1.55. The second-order valence-electron chi connectivity index (χ2n) is 5.98. The van der Waals surface area contributed by atoms with Crippen LogP contribution in [-0.2, 0) is 14.2 Å². The summed E-state index contributed by atoms with van der Waals surface area (Å²) in [5.41, 5.74) is -0.432. The van der Waals surface area contributed by atoms with E-state index in [4.69, 9.17) is 14.2 Å². The monoisotopic (exact) mass is 288 g/mol. The number of rotatable bonds is 5. The minimum absolute atomic E-state index is 0.168. The van der Waals surface area contributed by atoms with Crippen LogP contribution in [0.1, 0.15) is 27.7 Å². The Hall–Kier alpha value is -0.850. The molecule has 1 rings (SSSR count). The van der Waals surface area contributed by atoms with Crippen LogP contribution in [0.25, 0.3) is 0 Å². The van der Waals surface area contributed by atoms with E-state index in [0.717, 1.165) is 19.6 Å². The van der Waals surface area contributed by atoms with E-state index >= 15 is 0 Å². The molecule has 0 aromatic heterocycles. The third-order valence-electron chi connectivity index (χ3n) is 3.12. The van der Waals surface area contributed by atoms with Gasteiger partial charge in [0.05, 0.1) is 6.61 Å². The normalized spacial score (nSPS) is 18.9. The van der Waals surface area contributed by atoms with Gasteiger partial charge in [-0.1, -0.05) is 0 Å². The van der Waals surface area contributed by atoms with E-state index in [0.29, 0.717) is 19.7 Å². The zero-order valence-electron chi connectivity index (χ0n) is 13.3. The fourth-order valence-corrected chi connectivity index (χ4v) is 1.90. The number of hydrogen-bond acceptors (Lipinski definition) is 5. The smallest absolute Gasteiger partial charge is 0.410 e. The molecular formula is C14H28N2O4. The Balaban J connectivity index is 2.21. The summed E-state index contributed by atoms with van der Waals surface area (Å²) < 4.78 is 15.9. The molecule has 0 aromatic carbocycles. The fraction of sp³-hybridized carbons (Fsp3) is 0.929. The SMILES string of the molecule is COC(C)OCCN1CCN(C(=O)OC(C)(C)C)CC1. The lowest BCUT2D eigenvalue weighted by Gasteiger charge is -2.35. The molecule has 1 amide bonds. The molecule has 0 aromatic rings. The average molecular weight is 288 g/mol. The maximum Gasteiger partial charge on any atom is 0.410 e. The topological polar surface area (TPSA) is 51.2 Å². The molecule has 0 aliphatic carbocycles. The molecule has 0 saturated carbocycles. The van der Waals surface area contributed by atoms with Crippen LogP contribution in [-0.4, -0.2) is 74.2 Å². The Labute approximate surface area is 121 Å². The lowest BCUT2D eigenvalue weighted by Crippen LogP contribution is -2.50. The van der Waals surface area contributed by atoms with Crippen molar-refractivity contribution in [2.45, 2.75) is 39.6 Å².